The number of carbonyl (C=O) groups is 1. The molecule has 2 aromatic rings. The van der Waals surface area contributed by atoms with Crippen molar-refractivity contribution in [3.63, 3.8) is 0 Å². The topological polar surface area (TPSA) is 52.3 Å². The zero-order chi connectivity index (χ0) is 14.9. The number of carbonyl (C=O) groups excluding carboxylic acids is 1. The van der Waals surface area contributed by atoms with Crippen LogP contribution in [0.5, 0.6) is 11.5 Å². The Morgan fingerprint density at radius 1 is 1.05 bits per heavy atom. The summed E-state index contributed by atoms with van der Waals surface area (Å²) in [7, 11) is 0. The van der Waals surface area contributed by atoms with Crippen LogP contribution in [0.3, 0.4) is 0 Å². The number of benzene rings is 2. The molecule has 0 aliphatic heterocycles. The van der Waals surface area contributed by atoms with Gasteiger partial charge in [0, 0.05) is 5.56 Å². The van der Waals surface area contributed by atoms with Crippen LogP contribution in [0.2, 0.25) is 0 Å². The van der Waals surface area contributed by atoms with Gasteiger partial charge < -0.3 is 10.5 Å². The Hall–Kier alpha value is -2.29. The Kier molecular flexibility index (Phi) is 3.79. The first-order valence-electron chi connectivity index (χ1n) is 6.54. The largest absolute Gasteiger partial charge is 0.455 e. The molecule has 0 amide bonds. The van der Waals surface area contributed by atoms with E-state index in [2.05, 4.69) is 19.1 Å². The van der Waals surface area contributed by atoms with Crippen LogP contribution in [0, 0.1) is 20.8 Å². The lowest BCUT2D eigenvalue weighted by Gasteiger charge is -2.14. The van der Waals surface area contributed by atoms with E-state index in [1.54, 1.807) is 18.2 Å². The summed E-state index contributed by atoms with van der Waals surface area (Å²) in [5.41, 5.74) is 10.4. The first-order valence-corrected chi connectivity index (χ1v) is 6.54. The van der Waals surface area contributed by atoms with Crippen LogP contribution in [-0.4, -0.2) is 5.78 Å². The van der Waals surface area contributed by atoms with Gasteiger partial charge in [-0.1, -0.05) is 17.7 Å². The van der Waals surface area contributed by atoms with Gasteiger partial charge in [-0.15, -0.1) is 0 Å². The fourth-order valence-electron chi connectivity index (χ4n) is 2.30. The van der Waals surface area contributed by atoms with Crippen molar-refractivity contribution in [2.45, 2.75) is 27.7 Å². The van der Waals surface area contributed by atoms with Crippen molar-refractivity contribution in [3.8, 4) is 11.5 Å². The molecule has 2 rings (SSSR count). The second-order valence-electron chi connectivity index (χ2n) is 5.14. The van der Waals surface area contributed by atoms with Gasteiger partial charge in [-0.2, -0.15) is 0 Å². The number of nitrogens with two attached hydrogens (primary N) is 1. The summed E-state index contributed by atoms with van der Waals surface area (Å²) in [6.45, 7) is 7.59. The third-order valence-corrected chi connectivity index (χ3v) is 3.23. The number of anilines is 1. The van der Waals surface area contributed by atoms with Crippen LogP contribution in [0.15, 0.2) is 30.3 Å². The van der Waals surface area contributed by atoms with Gasteiger partial charge in [0.05, 0.1) is 5.69 Å². The van der Waals surface area contributed by atoms with E-state index < -0.39 is 0 Å². The van der Waals surface area contributed by atoms with Crippen LogP contribution in [-0.2, 0) is 0 Å². The van der Waals surface area contributed by atoms with Gasteiger partial charge in [0.1, 0.15) is 11.5 Å². The average Bonchev–Trinajstić information content (AvgIpc) is 2.34. The molecule has 0 atom stereocenters. The molecule has 3 heteroatoms. The van der Waals surface area contributed by atoms with Crippen LogP contribution in [0.1, 0.15) is 34.0 Å². The SMILES string of the molecule is CC(=O)c1ccc(Oc2c(C)cc(C)cc2C)c(N)c1. The van der Waals surface area contributed by atoms with E-state index in [0.29, 0.717) is 17.0 Å². The number of rotatable bonds is 3. The highest BCUT2D eigenvalue weighted by molar-refractivity contribution is 5.95. The van der Waals surface area contributed by atoms with E-state index in [1.807, 2.05) is 13.8 Å². The number of ether oxygens (including phenoxy) is 1. The Bertz CT molecular complexity index is 652. The number of Topliss-reactive ketones (excluding diaryl/α,β-unsaturated/α-hetero) is 1. The van der Waals surface area contributed by atoms with Gasteiger partial charge in [-0.3, -0.25) is 4.79 Å². The molecule has 0 aliphatic rings. The van der Waals surface area contributed by atoms with Crippen molar-refractivity contribution in [1.82, 2.24) is 0 Å². The van der Waals surface area contributed by atoms with Gasteiger partial charge in [0.25, 0.3) is 0 Å². The molecule has 3 nitrogen and oxygen atoms in total. The fourth-order valence-corrected chi connectivity index (χ4v) is 2.30. The molecule has 0 fully saturated rings. The molecule has 0 spiro atoms. The lowest BCUT2D eigenvalue weighted by molar-refractivity contribution is 0.101. The van der Waals surface area contributed by atoms with Crippen LogP contribution < -0.4 is 10.5 Å². The number of aryl methyl sites for hydroxylation is 3. The summed E-state index contributed by atoms with van der Waals surface area (Å²) in [5.74, 6) is 1.38. The third kappa shape index (κ3) is 2.82. The van der Waals surface area contributed by atoms with E-state index in [0.717, 1.165) is 16.9 Å². The summed E-state index contributed by atoms with van der Waals surface area (Å²) in [6.07, 6.45) is 0. The fraction of sp³-hybridized carbons (Fsp3) is 0.235. The van der Waals surface area contributed by atoms with Crippen molar-refractivity contribution in [2.24, 2.45) is 0 Å². The van der Waals surface area contributed by atoms with E-state index in [1.165, 1.54) is 12.5 Å². The zero-order valence-corrected chi connectivity index (χ0v) is 12.3. The molecular formula is C17H19NO2. The van der Waals surface area contributed by atoms with Crippen molar-refractivity contribution < 1.29 is 9.53 Å². The van der Waals surface area contributed by atoms with Gasteiger partial charge >= 0.3 is 0 Å². The molecule has 20 heavy (non-hydrogen) atoms. The number of hydrogen-bond donors (Lipinski definition) is 1. The molecule has 0 saturated carbocycles. The Morgan fingerprint density at radius 2 is 1.65 bits per heavy atom. The molecular weight excluding hydrogens is 250 g/mol. The maximum absolute atomic E-state index is 11.3. The quantitative estimate of drug-likeness (QED) is 0.671. The minimum atomic E-state index is -0.00838. The molecule has 0 saturated heterocycles. The minimum absolute atomic E-state index is 0.00838. The van der Waals surface area contributed by atoms with E-state index in [-0.39, 0.29) is 5.78 Å². The first kappa shape index (κ1) is 14.1. The molecule has 2 N–H and O–H groups in total. The van der Waals surface area contributed by atoms with Crippen molar-refractivity contribution >= 4 is 11.5 Å². The van der Waals surface area contributed by atoms with Crippen molar-refractivity contribution in [3.05, 3.63) is 52.6 Å². The molecule has 0 aliphatic carbocycles. The lowest BCUT2D eigenvalue weighted by atomic mass is 10.1. The summed E-state index contributed by atoms with van der Waals surface area (Å²) in [5, 5.41) is 0. The zero-order valence-electron chi connectivity index (χ0n) is 12.3. The Morgan fingerprint density at radius 3 is 2.15 bits per heavy atom. The molecule has 0 aromatic heterocycles. The second kappa shape index (κ2) is 5.37. The first-order chi connectivity index (χ1) is 9.38. The maximum atomic E-state index is 11.3. The number of ketones is 1. The van der Waals surface area contributed by atoms with Crippen LogP contribution in [0.4, 0.5) is 5.69 Å². The van der Waals surface area contributed by atoms with E-state index in [4.69, 9.17) is 10.5 Å². The van der Waals surface area contributed by atoms with E-state index in [9.17, 15) is 4.79 Å². The minimum Gasteiger partial charge on any atom is -0.455 e. The molecule has 2 aromatic carbocycles. The molecule has 0 radical (unpaired) electrons. The van der Waals surface area contributed by atoms with Crippen LogP contribution in [0.25, 0.3) is 0 Å². The highest BCUT2D eigenvalue weighted by Crippen LogP contribution is 2.33. The van der Waals surface area contributed by atoms with Gasteiger partial charge in [-0.05, 0) is 57.0 Å². The molecule has 0 unspecified atom stereocenters. The summed E-state index contributed by atoms with van der Waals surface area (Å²) >= 11 is 0. The normalized spacial score (nSPS) is 10.4. The van der Waals surface area contributed by atoms with Gasteiger partial charge in [-0.25, -0.2) is 0 Å². The second-order valence-corrected chi connectivity index (χ2v) is 5.14. The third-order valence-electron chi connectivity index (χ3n) is 3.23. The smallest absolute Gasteiger partial charge is 0.159 e. The Labute approximate surface area is 119 Å². The summed E-state index contributed by atoms with van der Waals surface area (Å²) < 4.78 is 5.92. The average molecular weight is 269 g/mol. The van der Waals surface area contributed by atoms with Gasteiger partial charge in [0.2, 0.25) is 0 Å². The van der Waals surface area contributed by atoms with Crippen molar-refractivity contribution in [2.75, 3.05) is 5.73 Å². The number of hydrogen-bond acceptors (Lipinski definition) is 3. The highest BCUT2D eigenvalue weighted by atomic mass is 16.5. The molecule has 0 heterocycles. The summed E-state index contributed by atoms with van der Waals surface area (Å²) in [4.78, 5) is 11.3. The van der Waals surface area contributed by atoms with Crippen LogP contribution >= 0.6 is 0 Å². The molecule has 0 bridgehead atoms. The lowest BCUT2D eigenvalue weighted by Crippen LogP contribution is -1.99. The van der Waals surface area contributed by atoms with Gasteiger partial charge in [0.15, 0.2) is 5.78 Å². The predicted octanol–water partition coefficient (Wildman–Crippen LogP) is 4.19. The maximum Gasteiger partial charge on any atom is 0.159 e. The molecule has 104 valence electrons. The highest BCUT2D eigenvalue weighted by Gasteiger charge is 2.10. The standard InChI is InChI=1S/C17H19NO2/c1-10-7-11(2)17(12(3)8-10)20-16-6-5-14(13(4)19)9-15(16)18/h5-9H,18H2,1-4H3. The van der Waals surface area contributed by atoms with E-state index >= 15 is 0 Å². The summed E-state index contributed by atoms with van der Waals surface area (Å²) in [6, 6.07) is 9.26. The Balaban J connectivity index is 2.38. The monoisotopic (exact) mass is 269 g/mol. The number of nitrogen functional groups attached to an aromatic ring is 1. The van der Waals surface area contributed by atoms with Crippen molar-refractivity contribution in [1.29, 1.82) is 0 Å². The predicted molar refractivity (Wildman–Crippen MR) is 81.6 cm³/mol.